The summed E-state index contributed by atoms with van der Waals surface area (Å²) in [5, 5.41) is 9.09. The average molecular weight is 162 g/mol. The van der Waals surface area contributed by atoms with Crippen LogP contribution in [0.4, 0.5) is 0 Å². The quantitative estimate of drug-likeness (QED) is 0.193. The molecule has 1 amide bonds. The lowest BCUT2D eigenvalue weighted by Gasteiger charge is -2.11. The minimum atomic E-state index is -0.652. The lowest BCUT2D eigenvalue weighted by Crippen LogP contribution is -2.48. The Labute approximate surface area is 64.1 Å². The van der Waals surface area contributed by atoms with Crippen molar-refractivity contribution >= 4 is 24.5 Å². The molecule has 0 unspecified atom stereocenters. The van der Waals surface area contributed by atoms with Gasteiger partial charge in [-0.3, -0.25) is 10.2 Å². The number of hydrogen-bond acceptors (Lipinski definition) is 3. The van der Waals surface area contributed by atoms with E-state index in [9.17, 15) is 4.79 Å². The molecule has 0 aromatic heterocycles. The summed E-state index contributed by atoms with van der Waals surface area (Å²) >= 11 is 3.81. The van der Waals surface area contributed by atoms with Gasteiger partial charge in [0.15, 0.2) is 5.96 Å². The highest BCUT2D eigenvalue weighted by atomic mass is 32.1. The third-order valence-corrected chi connectivity index (χ3v) is 1.22. The number of nitrogens with one attached hydrogen (secondary N) is 2. The Balaban J connectivity index is 3.83. The number of thiol groups is 1. The van der Waals surface area contributed by atoms with Crippen LogP contribution in [0.15, 0.2) is 0 Å². The van der Waals surface area contributed by atoms with Gasteiger partial charge in [0.05, 0.1) is 0 Å². The van der Waals surface area contributed by atoms with E-state index in [1.54, 1.807) is 0 Å². The summed E-state index contributed by atoms with van der Waals surface area (Å²) in [6, 6.07) is -0.652. The van der Waals surface area contributed by atoms with Gasteiger partial charge in [0.1, 0.15) is 6.04 Å². The van der Waals surface area contributed by atoms with E-state index in [0.717, 1.165) is 0 Å². The molecule has 0 aliphatic rings. The largest absolute Gasteiger partial charge is 0.370 e. The zero-order valence-corrected chi connectivity index (χ0v) is 6.19. The van der Waals surface area contributed by atoms with Crippen LogP contribution in [0.5, 0.6) is 0 Å². The predicted molar refractivity (Wildman–Crippen MR) is 41.9 cm³/mol. The zero-order chi connectivity index (χ0) is 8.15. The lowest BCUT2D eigenvalue weighted by molar-refractivity contribution is -0.119. The smallest absolute Gasteiger partial charge is 0.240 e. The zero-order valence-electron chi connectivity index (χ0n) is 5.29. The first kappa shape index (κ1) is 9.09. The molecule has 58 valence electrons. The molecule has 0 fully saturated rings. The fourth-order valence-corrected chi connectivity index (χ4v) is 0.666. The van der Waals surface area contributed by atoms with E-state index in [1.165, 1.54) is 0 Å². The molecule has 0 aromatic carbocycles. The van der Waals surface area contributed by atoms with E-state index in [4.69, 9.17) is 16.9 Å². The summed E-state index contributed by atoms with van der Waals surface area (Å²) < 4.78 is 0. The molecule has 0 saturated carbocycles. The molecule has 0 aliphatic heterocycles. The monoisotopic (exact) mass is 162 g/mol. The minimum Gasteiger partial charge on any atom is -0.370 e. The van der Waals surface area contributed by atoms with Crippen LogP contribution in [0.3, 0.4) is 0 Å². The Kier molecular flexibility index (Phi) is 3.63. The van der Waals surface area contributed by atoms with E-state index >= 15 is 0 Å². The summed E-state index contributed by atoms with van der Waals surface area (Å²) in [4.78, 5) is 10.4. The third-order valence-electron chi connectivity index (χ3n) is 0.856. The van der Waals surface area contributed by atoms with Crippen molar-refractivity contribution in [2.24, 2.45) is 11.5 Å². The first-order chi connectivity index (χ1) is 4.57. The number of nitrogens with two attached hydrogens (primary N) is 2. The van der Waals surface area contributed by atoms with Gasteiger partial charge in [-0.2, -0.15) is 12.6 Å². The van der Waals surface area contributed by atoms with Crippen LogP contribution in [0.1, 0.15) is 0 Å². The van der Waals surface area contributed by atoms with Gasteiger partial charge in [0.25, 0.3) is 0 Å². The van der Waals surface area contributed by atoms with Crippen LogP contribution in [0, 0.1) is 5.41 Å². The second-order valence-electron chi connectivity index (χ2n) is 1.70. The Morgan fingerprint density at radius 2 is 2.20 bits per heavy atom. The van der Waals surface area contributed by atoms with Gasteiger partial charge in [0, 0.05) is 5.75 Å². The highest BCUT2D eigenvalue weighted by Crippen LogP contribution is 1.84. The van der Waals surface area contributed by atoms with Crippen molar-refractivity contribution in [3.8, 4) is 0 Å². The average Bonchev–Trinajstić information content (AvgIpc) is 1.81. The summed E-state index contributed by atoms with van der Waals surface area (Å²) in [5.74, 6) is -0.613. The maximum absolute atomic E-state index is 10.4. The molecule has 0 aromatic rings. The topological polar surface area (TPSA) is 105 Å². The van der Waals surface area contributed by atoms with Crippen molar-refractivity contribution < 1.29 is 4.79 Å². The highest BCUT2D eigenvalue weighted by molar-refractivity contribution is 7.80. The molecule has 6 heteroatoms. The van der Waals surface area contributed by atoms with Gasteiger partial charge in [-0.25, -0.2) is 0 Å². The van der Waals surface area contributed by atoms with Gasteiger partial charge in [-0.1, -0.05) is 0 Å². The fourth-order valence-electron chi connectivity index (χ4n) is 0.394. The summed E-state index contributed by atoms with van der Waals surface area (Å²) in [6.45, 7) is 0. The molecule has 0 rings (SSSR count). The normalized spacial score (nSPS) is 12.1. The maximum Gasteiger partial charge on any atom is 0.240 e. The second-order valence-corrected chi connectivity index (χ2v) is 2.06. The number of rotatable bonds is 3. The van der Waals surface area contributed by atoms with Gasteiger partial charge in [-0.05, 0) is 0 Å². The molecule has 0 spiro atoms. The number of hydrogen-bond donors (Lipinski definition) is 5. The molecule has 1 atom stereocenters. The molecule has 0 aliphatic carbocycles. The fraction of sp³-hybridized carbons (Fsp3) is 0.500. The minimum absolute atomic E-state index is 0.231. The number of carbonyl (C=O) groups excluding carboxylic acids is 1. The number of primary amides is 1. The van der Waals surface area contributed by atoms with E-state index in [2.05, 4.69) is 17.9 Å². The van der Waals surface area contributed by atoms with E-state index < -0.39 is 11.9 Å². The Bertz CT molecular complexity index is 148. The van der Waals surface area contributed by atoms with Crippen molar-refractivity contribution in [2.75, 3.05) is 5.75 Å². The Hall–Kier alpha value is -0.910. The highest BCUT2D eigenvalue weighted by Gasteiger charge is 2.11. The van der Waals surface area contributed by atoms with Gasteiger partial charge >= 0.3 is 0 Å². The van der Waals surface area contributed by atoms with E-state index in [-0.39, 0.29) is 11.7 Å². The van der Waals surface area contributed by atoms with Gasteiger partial charge in [-0.15, -0.1) is 0 Å². The van der Waals surface area contributed by atoms with Crippen LogP contribution >= 0.6 is 12.6 Å². The van der Waals surface area contributed by atoms with E-state index in [0.29, 0.717) is 0 Å². The molecule has 0 radical (unpaired) electrons. The van der Waals surface area contributed by atoms with Crippen LogP contribution in [0.25, 0.3) is 0 Å². The van der Waals surface area contributed by atoms with Crippen LogP contribution in [-0.2, 0) is 4.79 Å². The molecular weight excluding hydrogens is 152 g/mol. The Morgan fingerprint density at radius 3 is 2.30 bits per heavy atom. The molecule has 0 heterocycles. The Morgan fingerprint density at radius 1 is 1.70 bits per heavy atom. The van der Waals surface area contributed by atoms with Gasteiger partial charge in [0.2, 0.25) is 5.91 Å². The molecule has 10 heavy (non-hydrogen) atoms. The first-order valence-corrected chi connectivity index (χ1v) is 3.22. The summed E-state index contributed by atoms with van der Waals surface area (Å²) in [7, 11) is 0. The van der Waals surface area contributed by atoms with Crippen molar-refractivity contribution in [1.29, 1.82) is 5.41 Å². The summed E-state index contributed by atoms with van der Waals surface area (Å²) in [6.07, 6.45) is 0. The molecule has 6 N–H and O–H groups in total. The van der Waals surface area contributed by atoms with Crippen LogP contribution in [0.2, 0.25) is 0 Å². The van der Waals surface area contributed by atoms with Crippen LogP contribution < -0.4 is 16.8 Å². The second kappa shape index (κ2) is 3.99. The van der Waals surface area contributed by atoms with Crippen molar-refractivity contribution in [2.45, 2.75) is 6.04 Å². The van der Waals surface area contributed by atoms with Crippen molar-refractivity contribution in [3.63, 3.8) is 0 Å². The van der Waals surface area contributed by atoms with Crippen molar-refractivity contribution in [1.82, 2.24) is 5.32 Å². The third kappa shape index (κ3) is 3.18. The standard InChI is InChI=1S/C4H10N4OS/c5-3(9)2(1-10)8-4(6)7/h2,10H,1H2,(H2,5,9)(H4,6,7,8)/t2-/m1/s1. The molecular formula is C4H10N4OS. The molecule has 0 bridgehead atoms. The summed E-state index contributed by atoms with van der Waals surface area (Å²) in [5.41, 5.74) is 9.83. The maximum atomic E-state index is 10.4. The first-order valence-electron chi connectivity index (χ1n) is 2.58. The van der Waals surface area contributed by atoms with E-state index in [1.807, 2.05) is 0 Å². The molecule has 5 nitrogen and oxygen atoms in total. The number of amides is 1. The SMILES string of the molecule is N=C(N)N[C@H](CS)C(N)=O. The van der Waals surface area contributed by atoms with Crippen molar-refractivity contribution in [3.05, 3.63) is 0 Å². The lowest BCUT2D eigenvalue weighted by atomic mass is 10.3. The van der Waals surface area contributed by atoms with Crippen LogP contribution in [-0.4, -0.2) is 23.7 Å². The van der Waals surface area contributed by atoms with Gasteiger partial charge < -0.3 is 16.8 Å². The number of guanidine groups is 1. The predicted octanol–water partition coefficient (Wildman–Crippen LogP) is -1.75. The number of carbonyl (C=O) groups is 1. The molecule has 0 saturated heterocycles.